The molecule has 0 aliphatic carbocycles. The van der Waals surface area contributed by atoms with Crippen molar-refractivity contribution in [2.24, 2.45) is 0 Å². The normalized spacial score (nSPS) is 13.2. The predicted molar refractivity (Wildman–Crippen MR) is 69.4 cm³/mol. The molecule has 1 aromatic rings. The van der Waals surface area contributed by atoms with E-state index in [0.717, 1.165) is 6.42 Å². The topological polar surface area (TPSA) is 106 Å². The number of anilines is 2. The minimum absolute atomic E-state index is 0.0833. The lowest BCUT2D eigenvalue weighted by Gasteiger charge is -2.29. The first-order valence-corrected chi connectivity index (χ1v) is 5.95. The molecular formula is C11H21N5O2. The third-order valence-corrected chi connectivity index (χ3v) is 2.55. The van der Waals surface area contributed by atoms with E-state index in [0.29, 0.717) is 12.6 Å². The Balaban J connectivity index is 2.86. The van der Waals surface area contributed by atoms with Crippen LogP contribution in [0.25, 0.3) is 0 Å². The van der Waals surface area contributed by atoms with E-state index in [-0.39, 0.29) is 12.0 Å². The standard InChI is InChI=1S/C11H21N5O2/c1-5-6-18-10-14-8(12)13-9(15-10)16-11(3,4)7(2)17/h7,17H,5-6H2,1-4H3,(H3,12,13,14,15,16). The fourth-order valence-electron chi connectivity index (χ4n) is 1.08. The molecule has 0 aliphatic heterocycles. The van der Waals surface area contributed by atoms with Crippen LogP contribution < -0.4 is 15.8 Å². The third kappa shape index (κ3) is 3.99. The van der Waals surface area contributed by atoms with E-state index < -0.39 is 11.6 Å². The molecule has 1 rings (SSSR count). The van der Waals surface area contributed by atoms with Crippen LogP contribution in [0.1, 0.15) is 34.1 Å². The number of ether oxygens (including phenoxy) is 1. The van der Waals surface area contributed by atoms with Crippen LogP contribution in [0, 0.1) is 0 Å². The minimum Gasteiger partial charge on any atom is -0.463 e. The van der Waals surface area contributed by atoms with Crippen molar-refractivity contribution in [2.75, 3.05) is 17.7 Å². The highest BCUT2D eigenvalue weighted by Crippen LogP contribution is 2.17. The molecule has 0 spiro atoms. The lowest BCUT2D eigenvalue weighted by Crippen LogP contribution is -2.42. The number of hydrogen-bond donors (Lipinski definition) is 3. The van der Waals surface area contributed by atoms with E-state index >= 15 is 0 Å². The zero-order chi connectivity index (χ0) is 13.8. The predicted octanol–water partition coefficient (Wildman–Crippen LogP) is 0.814. The molecule has 1 aromatic heterocycles. The number of nitrogen functional groups attached to an aromatic ring is 1. The molecule has 18 heavy (non-hydrogen) atoms. The summed E-state index contributed by atoms with van der Waals surface area (Å²) in [5.41, 5.74) is 5.01. The fourth-order valence-corrected chi connectivity index (χ4v) is 1.08. The molecule has 0 aromatic carbocycles. The number of nitrogens with two attached hydrogens (primary N) is 1. The van der Waals surface area contributed by atoms with Crippen molar-refractivity contribution in [3.63, 3.8) is 0 Å². The summed E-state index contributed by atoms with van der Waals surface area (Å²) in [5, 5.41) is 12.6. The summed E-state index contributed by atoms with van der Waals surface area (Å²) in [7, 11) is 0. The molecule has 0 bridgehead atoms. The van der Waals surface area contributed by atoms with Gasteiger partial charge in [0.2, 0.25) is 11.9 Å². The van der Waals surface area contributed by atoms with Crippen molar-refractivity contribution in [2.45, 2.75) is 45.8 Å². The highest BCUT2D eigenvalue weighted by molar-refractivity contribution is 5.35. The van der Waals surface area contributed by atoms with Crippen LogP contribution >= 0.6 is 0 Å². The van der Waals surface area contributed by atoms with E-state index in [2.05, 4.69) is 20.3 Å². The number of aliphatic hydroxyl groups excluding tert-OH is 1. The molecule has 1 unspecified atom stereocenters. The van der Waals surface area contributed by atoms with Crippen LogP contribution in [0.2, 0.25) is 0 Å². The van der Waals surface area contributed by atoms with Gasteiger partial charge in [-0.1, -0.05) is 6.92 Å². The smallest absolute Gasteiger partial charge is 0.323 e. The van der Waals surface area contributed by atoms with Crippen LogP contribution in [0.3, 0.4) is 0 Å². The second-order valence-electron chi connectivity index (χ2n) is 4.67. The van der Waals surface area contributed by atoms with Crippen molar-refractivity contribution in [3.05, 3.63) is 0 Å². The molecule has 0 saturated heterocycles. The third-order valence-electron chi connectivity index (χ3n) is 2.55. The molecule has 0 amide bonds. The van der Waals surface area contributed by atoms with Gasteiger partial charge in [0, 0.05) is 0 Å². The lowest BCUT2D eigenvalue weighted by molar-refractivity contribution is 0.132. The molecule has 102 valence electrons. The molecule has 7 heteroatoms. The van der Waals surface area contributed by atoms with Crippen LogP contribution in [0.15, 0.2) is 0 Å². The first-order valence-electron chi connectivity index (χ1n) is 5.95. The average molecular weight is 255 g/mol. The zero-order valence-corrected chi connectivity index (χ0v) is 11.3. The average Bonchev–Trinajstić information content (AvgIpc) is 2.24. The van der Waals surface area contributed by atoms with Crippen molar-refractivity contribution in [1.29, 1.82) is 0 Å². The van der Waals surface area contributed by atoms with Gasteiger partial charge in [0.05, 0.1) is 18.2 Å². The fraction of sp³-hybridized carbons (Fsp3) is 0.727. The Bertz CT molecular complexity index is 395. The molecule has 0 aliphatic rings. The minimum atomic E-state index is -0.574. The Hall–Kier alpha value is -1.63. The summed E-state index contributed by atoms with van der Waals surface area (Å²) in [6.45, 7) is 7.86. The van der Waals surface area contributed by atoms with E-state index in [1.54, 1.807) is 6.92 Å². The van der Waals surface area contributed by atoms with Crippen LogP contribution in [-0.4, -0.2) is 38.3 Å². The highest BCUT2D eigenvalue weighted by atomic mass is 16.5. The van der Waals surface area contributed by atoms with Gasteiger partial charge in [0.15, 0.2) is 0 Å². The number of nitrogens with one attached hydrogen (secondary N) is 1. The molecule has 1 atom stereocenters. The van der Waals surface area contributed by atoms with Crippen molar-refractivity contribution >= 4 is 11.9 Å². The Morgan fingerprint density at radius 2 is 2.06 bits per heavy atom. The first-order chi connectivity index (χ1) is 8.35. The molecule has 0 saturated carbocycles. The Kier molecular flexibility index (Phi) is 4.66. The maximum absolute atomic E-state index is 9.63. The molecule has 0 radical (unpaired) electrons. The summed E-state index contributed by atoms with van der Waals surface area (Å²) >= 11 is 0. The Morgan fingerprint density at radius 1 is 1.39 bits per heavy atom. The van der Waals surface area contributed by atoms with Gasteiger partial charge < -0.3 is 20.9 Å². The van der Waals surface area contributed by atoms with Gasteiger partial charge in [-0.25, -0.2) is 0 Å². The number of nitrogens with zero attached hydrogens (tertiary/aromatic N) is 3. The van der Waals surface area contributed by atoms with E-state index in [1.165, 1.54) is 0 Å². The molecule has 4 N–H and O–H groups in total. The number of aromatic nitrogens is 3. The number of rotatable bonds is 6. The summed E-state index contributed by atoms with van der Waals surface area (Å²) in [6.07, 6.45) is 0.281. The van der Waals surface area contributed by atoms with Crippen molar-refractivity contribution < 1.29 is 9.84 Å². The first kappa shape index (κ1) is 14.4. The second kappa shape index (κ2) is 5.81. The van der Waals surface area contributed by atoms with Crippen molar-refractivity contribution in [1.82, 2.24) is 15.0 Å². The maximum atomic E-state index is 9.63. The molecule has 1 heterocycles. The molecule has 0 fully saturated rings. The summed E-state index contributed by atoms with van der Waals surface area (Å²) in [6, 6.07) is 0.188. The number of aliphatic hydroxyl groups is 1. The van der Waals surface area contributed by atoms with Gasteiger partial charge in [-0.3, -0.25) is 0 Å². The summed E-state index contributed by atoms with van der Waals surface area (Å²) < 4.78 is 5.31. The van der Waals surface area contributed by atoms with Gasteiger partial charge in [0.25, 0.3) is 0 Å². The van der Waals surface area contributed by atoms with Gasteiger partial charge in [0.1, 0.15) is 0 Å². The number of hydrogen-bond acceptors (Lipinski definition) is 7. The monoisotopic (exact) mass is 255 g/mol. The second-order valence-corrected chi connectivity index (χ2v) is 4.67. The van der Waals surface area contributed by atoms with Gasteiger partial charge in [-0.2, -0.15) is 15.0 Å². The largest absolute Gasteiger partial charge is 0.463 e. The van der Waals surface area contributed by atoms with Crippen LogP contribution in [-0.2, 0) is 0 Å². The van der Waals surface area contributed by atoms with Gasteiger partial charge in [-0.15, -0.1) is 0 Å². The highest BCUT2D eigenvalue weighted by Gasteiger charge is 2.25. The van der Waals surface area contributed by atoms with Gasteiger partial charge >= 0.3 is 6.01 Å². The summed E-state index contributed by atoms with van der Waals surface area (Å²) in [5.74, 6) is 0.375. The zero-order valence-electron chi connectivity index (χ0n) is 11.3. The summed E-state index contributed by atoms with van der Waals surface area (Å²) in [4.78, 5) is 11.9. The van der Waals surface area contributed by atoms with Gasteiger partial charge in [-0.05, 0) is 27.2 Å². The molecular weight excluding hydrogens is 234 g/mol. The van der Waals surface area contributed by atoms with Crippen LogP contribution in [0.5, 0.6) is 6.01 Å². The Labute approximate surface area is 107 Å². The lowest BCUT2D eigenvalue weighted by atomic mass is 9.99. The quantitative estimate of drug-likeness (QED) is 0.690. The van der Waals surface area contributed by atoms with E-state index in [1.807, 2.05) is 20.8 Å². The van der Waals surface area contributed by atoms with E-state index in [9.17, 15) is 5.11 Å². The molecule has 7 nitrogen and oxygen atoms in total. The Morgan fingerprint density at radius 3 is 2.61 bits per heavy atom. The maximum Gasteiger partial charge on any atom is 0.323 e. The SMILES string of the molecule is CCCOc1nc(N)nc(NC(C)(C)C(C)O)n1. The van der Waals surface area contributed by atoms with Crippen LogP contribution in [0.4, 0.5) is 11.9 Å². The van der Waals surface area contributed by atoms with Crippen molar-refractivity contribution in [3.8, 4) is 6.01 Å². The van der Waals surface area contributed by atoms with E-state index in [4.69, 9.17) is 10.5 Å².